The molecule has 3 atom stereocenters. The predicted octanol–water partition coefficient (Wildman–Crippen LogP) is 4.34. The molecular formula is C19H31N3O2S. The summed E-state index contributed by atoms with van der Waals surface area (Å²) in [6.45, 7) is 12.2. The number of fused-ring (bicyclic) bond motifs is 2. The van der Waals surface area contributed by atoms with Gasteiger partial charge in [0.25, 0.3) is 0 Å². The third kappa shape index (κ3) is 4.17. The van der Waals surface area contributed by atoms with Gasteiger partial charge in [-0.15, -0.1) is 11.3 Å². The number of nitrogens with one attached hydrogen (secondary N) is 1. The molecule has 2 bridgehead atoms. The molecule has 5 nitrogen and oxygen atoms in total. The molecule has 0 aromatic carbocycles. The monoisotopic (exact) mass is 365 g/mol. The van der Waals surface area contributed by atoms with E-state index in [1.165, 1.54) is 10.6 Å². The highest BCUT2D eigenvalue weighted by molar-refractivity contribution is 7.11. The topological polar surface area (TPSA) is 54.5 Å². The summed E-state index contributed by atoms with van der Waals surface area (Å²) in [5, 5.41) is 4.89. The Morgan fingerprint density at radius 1 is 1.28 bits per heavy atom. The van der Waals surface area contributed by atoms with Crippen LogP contribution in [0.2, 0.25) is 0 Å². The van der Waals surface area contributed by atoms with Crippen LogP contribution in [0.4, 0.5) is 4.79 Å². The quantitative estimate of drug-likeness (QED) is 0.866. The number of hydrogen-bond donors (Lipinski definition) is 1. The van der Waals surface area contributed by atoms with Crippen molar-refractivity contribution in [1.29, 1.82) is 0 Å². The van der Waals surface area contributed by atoms with E-state index in [0.717, 1.165) is 30.7 Å². The summed E-state index contributed by atoms with van der Waals surface area (Å²) in [4.78, 5) is 20.5. The zero-order chi connectivity index (χ0) is 18.4. The van der Waals surface area contributed by atoms with E-state index < -0.39 is 5.60 Å². The first-order valence-electron chi connectivity index (χ1n) is 9.35. The highest BCUT2D eigenvalue weighted by Crippen LogP contribution is 2.37. The van der Waals surface area contributed by atoms with Crippen molar-refractivity contribution >= 4 is 17.4 Å². The number of rotatable bonds is 3. The van der Waals surface area contributed by atoms with Gasteiger partial charge in [0.05, 0.1) is 10.7 Å². The molecule has 2 saturated heterocycles. The van der Waals surface area contributed by atoms with Crippen molar-refractivity contribution in [2.24, 2.45) is 0 Å². The zero-order valence-corrected chi connectivity index (χ0v) is 17.1. The van der Waals surface area contributed by atoms with Gasteiger partial charge >= 0.3 is 6.09 Å². The lowest BCUT2D eigenvalue weighted by Gasteiger charge is -2.40. The summed E-state index contributed by atoms with van der Waals surface area (Å²) in [6.07, 6.45) is 4.04. The SMILES string of the molecule is Cc1nc(C(C)NC2CC3CCC(C2)N3C(=O)OC(C)(C)C)c(C)s1. The van der Waals surface area contributed by atoms with Gasteiger partial charge in [0, 0.05) is 29.0 Å². The Bertz CT molecular complexity index is 623. The average molecular weight is 366 g/mol. The van der Waals surface area contributed by atoms with Crippen LogP contribution in [0.5, 0.6) is 0 Å². The molecule has 2 aliphatic heterocycles. The molecule has 0 aliphatic carbocycles. The molecule has 1 amide bonds. The number of nitrogens with zero attached hydrogens (tertiary/aromatic N) is 2. The smallest absolute Gasteiger partial charge is 0.410 e. The molecule has 0 spiro atoms. The van der Waals surface area contributed by atoms with Gasteiger partial charge in [-0.05, 0) is 67.2 Å². The second kappa shape index (κ2) is 6.88. The third-order valence-corrected chi connectivity index (χ3v) is 6.07. The molecule has 0 radical (unpaired) electrons. The molecule has 2 fully saturated rings. The van der Waals surface area contributed by atoms with Gasteiger partial charge in [-0.2, -0.15) is 0 Å². The number of carbonyl (C=O) groups excluding carboxylic acids is 1. The van der Waals surface area contributed by atoms with E-state index in [9.17, 15) is 4.79 Å². The lowest BCUT2D eigenvalue weighted by molar-refractivity contribution is 0.00433. The molecule has 1 N–H and O–H groups in total. The zero-order valence-electron chi connectivity index (χ0n) is 16.3. The first-order valence-corrected chi connectivity index (χ1v) is 10.2. The van der Waals surface area contributed by atoms with Crippen molar-refractivity contribution in [2.45, 2.75) is 97.0 Å². The van der Waals surface area contributed by atoms with Gasteiger partial charge in [-0.1, -0.05) is 0 Å². The van der Waals surface area contributed by atoms with Crippen molar-refractivity contribution in [1.82, 2.24) is 15.2 Å². The first-order chi connectivity index (χ1) is 11.6. The van der Waals surface area contributed by atoms with E-state index in [4.69, 9.17) is 4.74 Å². The lowest BCUT2D eigenvalue weighted by Crippen LogP contribution is -2.52. The Balaban J connectivity index is 1.62. The van der Waals surface area contributed by atoms with Crippen LogP contribution in [0.1, 0.15) is 75.0 Å². The summed E-state index contributed by atoms with van der Waals surface area (Å²) >= 11 is 1.76. The fraction of sp³-hybridized carbons (Fsp3) is 0.789. The second-order valence-electron chi connectivity index (χ2n) is 8.50. The van der Waals surface area contributed by atoms with Crippen molar-refractivity contribution in [3.8, 4) is 0 Å². The summed E-state index contributed by atoms with van der Waals surface area (Å²) < 4.78 is 5.62. The maximum atomic E-state index is 12.5. The molecule has 3 rings (SSSR count). The normalized spacial score (nSPS) is 27.4. The van der Waals surface area contributed by atoms with Gasteiger partial charge < -0.3 is 15.0 Å². The van der Waals surface area contributed by atoms with Crippen molar-refractivity contribution < 1.29 is 9.53 Å². The summed E-state index contributed by atoms with van der Waals surface area (Å²) in [5.41, 5.74) is 0.740. The van der Waals surface area contributed by atoms with Gasteiger partial charge in [-0.3, -0.25) is 0 Å². The molecular weight excluding hydrogens is 334 g/mol. The largest absolute Gasteiger partial charge is 0.444 e. The molecule has 6 heteroatoms. The fourth-order valence-electron chi connectivity index (χ4n) is 4.31. The van der Waals surface area contributed by atoms with Gasteiger partial charge in [0.15, 0.2) is 0 Å². The van der Waals surface area contributed by atoms with E-state index >= 15 is 0 Å². The van der Waals surface area contributed by atoms with Crippen molar-refractivity contribution in [2.75, 3.05) is 0 Å². The summed E-state index contributed by atoms with van der Waals surface area (Å²) in [7, 11) is 0. The van der Waals surface area contributed by atoms with Crippen LogP contribution in [-0.2, 0) is 4.74 Å². The first kappa shape index (κ1) is 18.6. The van der Waals surface area contributed by atoms with Crippen LogP contribution in [0, 0.1) is 13.8 Å². The highest BCUT2D eigenvalue weighted by Gasteiger charge is 2.45. The maximum Gasteiger partial charge on any atom is 0.410 e. The molecule has 1 aromatic rings. The number of aromatic nitrogens is 1. The Labute approximate surface area is 155 Å². The summed E-state index contributed by atoms with van der Waals surface area (Å²) in [5.74, 6) is 0. The minimum absolute atomic E-state index is 0.141. The van der Waals surface area contributed by atoms with Gasteiger partial charge in [-0.25, -0.2) is 9.78 Å². The molecule has 1 aromatic heterocycles. The van der Waals surface area contributed by atoms with Crippen LogP contribution in [0.15, 0.2) is 0 Å². The highest BCUT2D eigenvalue weighted by atomic mass is 32.1. The van der Waals surface area contributed by atoms with E-state index in [1.54, 1.807) is 11.3 Å². The predicted molar refractivity (Wildman–Crippen MR) is 101 cm³/mol. The third-order valence-electron chi connectivity index (χ3n) is 5.17. The van der Waals surface area contributed by atoms with Crippen LogP contribution in [0.3, 0.4) is 0 Å². The van der Waals surface area contributed by atoms with Crippen molar-refractivity contribution in [3.05, 3.63) is 15.6 Å². The Morgan fingerprint density at radius 3 is 2.36 bits per heavy atom. The molecule has 3 unspecified atom stereocenters. The number of amides is 1. The molecule has 3 heterocycles. The number of thiazole rings is 1. The summed E-state index contributed by atoms with van der Waals surface area (Å²) in [6, 6.07) is 1.29. The number of hydrogen-bond acceptors (Lipinski definition) is 5. The Kier molecular flexibility index (Phi) is 5.13. The van der Waals surface area contributed by atoms with Crippen LogP contribution in [-0.4, -0.2) is 39.7 Å². The van der Waals surface area contributed by atoms with Crippen LogP contribution >= 0.6 is 11.3 Å². The standard InChI is InChI=1S/C19H31N3O2S/c1-11(17-12(2)25-13(3)21-17)20-14-9-15-7-8-16(10-14)22(15)18(23)24-19(4,5)6/h11,14-16,20H,7-10H2,1-6H3. The van der Waals surface area contributed by atoms with Crippen LogP contribution < -0.4 is 5.32 Å². The Hall–Kier alpha value is -1.14. The van der Waals surface area contributed by atoms with Crippen molar-refractivity contribution in [3.63, 3.8) is 0 Å². The average Bonchev–Trinajstić information content (AvgIpc) is 2.94. The minimum Gasteiger partial charge on any atom is -0.444 e. The van der Waals surface area contributed by atoms with E-state index in [0.29, 0.717) is 18.1 Å². The number of carbonyl (C=O) groups is 1. The van der Waals surface area contributed by atoms with E-state index in [-0.39, 0.29) is 12.1 Å². The minimum atomic E-state index is -0.430. The van der Waals surface area contributed by atoms with E-state index in [1.807, 2.05) is 25.7 Å². The molecule has 2 aliphatic rings. The maximum absolute atomic E-state index is 12.5. The van der Waals surface area contributed by atoms with Gasteiger partial charge in [0.1, 0.15) is 5.60 Å². The number of ether oxygens (including phenoxy) is 1. The Morgan fingerprint density at radius 2 is 1.88 bits per heavy atom. The molecule has 0 saturated carbocycles. The molecule has 140 valence electrons. The number of piperidine rings is 1. The van der Waals surface area contributed by atoms with Crippen LogP contribution in [0.25, 0.3) is 0 Å². The van der Waals surface area contributed by atoms with Gasteiger partial charge in [0.2, 0.25) is 0 Å². The molecule has 25 heavy (non-hydrogen) atoms. The number of aryl methyl sites for hydroxylation is 2. The second-order valence-corrected chi connectivity index (χ2v) is 9.91. The lowest BCUT2D eigenvalue weighted by atomic mass is 9.96. The van der Waals surface area contributed by atoms with E-state index in [2.05, 4.69) is 31.1 Å². The fourth-order valence-corrected chi connectivity index (χ4v) is 5.22.